The first-order chi connectivity index (χ1) is 9.19. The summed E-state index contributed by atoms with van der Waals surface area (Å²) in [6.07, 6.45) is 3.67. The standard InChI is InChI=1S/C14H20N2O3/c1-3-5-9-13(17)16-15-10-11-7-6-8-12(14(11)18)19-4-2/h6-8,10,18H,3-5,9H2,1-2H3,(H,16,17)/b15-10+. The molecule has 0 saturated heterocycles. The summed E-state index contributed by atoms with van der Waals surface area (Å²) < 4.78 is 5.26. The Morgan fingerprint density at radius 1 is 1.47 bits per heavy atom. The number of aromatic hydroxyl groups is 1. The molecule has 0 unspecified atom stereocenters. The fourth-order valence-electron chi connectivity index (χ4n) is 1.48. The molecule has 0 aromatic heterocycles. The van der Waals surface area contributed by atoms with Gasteiger partial charge in [-0.1, -0.05) is 19.4 Å². The molecule has 0 aliphatic carbocycles. The highest BCUT2D eigenvalue weighted by atomic mass is 16.5. The van der Waals surface area contributed by atoms with Crippen LogP contribution in [0, 0.1) is 0 Å². The van der Waals surface area contributed by atoms with Crippen molar-refractivity contribution in [1.82, 2.24) is 5.43 Å². The van der Waals surface area contributed by atoms with E-state index in [2.05, 4.69) is 10.5 Å². The number of rotatable bonds is 7. The Morgan fingerprint density at radius 2 is 2.26 bits per heavy atom. The zero-order valence-corrected chi connectivity index (χ0v) is 11.3. The van der Waals surface area contributed by atoms with Gasteiger partial charge in [-0.05, 0) is 25.5 Å². The van der Waals surface area contributed by atoms with E-state index < -0.39 is 0 Å². The van der Waals surface area contributed by atoms with E-state index in [1.165, 1.54) is 6.21 Å². The lowest BCUT2D eigenvalue weighted by atomic mass is 10.2. The number of carbonyl (C=O) groups excluding carboxylic acids is 1. The predicted octanol–water partition coefficient (Wildman–Crippen LogP) is 2.43. The van der Waals surface area contributed by atoms with Crippen LogP contribution < -0.4 is 10.2 Å². The SMILES string of the molecule is CCCCC(=O)N/N=C/c1cccc(OCC)c1O. The number of para-hydroxylation sites is 1. The van der Waals surface area contributed by atoms with Gasteiger partial charge in [0.25, 0.3) is 0 Å². The Labute approximate surface area is 113 Å². The number of hydrogen-bond donors (Lipinski definition) is 2. The van der Waals surface area contributed by atoms with Gasteiger partial charge in [0.05, 0.1) is 12.8 Å². The molecular weight excluding hydrogens is 244 g/mol. The monoisotopic (exact) mass is 264 g/mol. The van der Waals surface area contributed by atoms with Crippen molar-refractivity contribution in [3.05, 3.63) is 23.8 Å². The molecule has 2 N–H and O–H groups in total. The molecule has 1 rings (SSSR count). The number of hydrazone groups is 1. The number of amides is 1. The summed E-state index contributed by atoms with van der Waals surface area (Å²) in [5.41, 5.74) is 2.92. The first kappa shape index (κ1) is 15.0. The maximum atomic E-state index is 11.3. The molecule has 19 heavy (non-hydrogen) atoms. The number of unbranched alkanes of at least 4 members (excludes halogenated alkanes) is 1. The second-order valence-corrected chi connectivity index (χ2v) is 4.02. The molecular formula is C14H20N2O3. The molecule has 5 nitrogen and oxygen atoms in total. The van der Waals surface area contributed by atoms with Gasteiger partial charge in [-0.15, -0.1) is 0 Å². The maximum absolute atomic E-state index is 11.3. The summed E-state index contributed by atoms with van der Waals surface area (Å²) in [6.45, 7) is 4.34. The van der Waals surface area contributed by atoms with E-state index >= 15 is 0 Å². The third-order valence-corrected chi connectivity index (χ3v) is 2.48. The van der Waals surface area contributed by atoms with Gasteiger partial charge in [-0.2, -0.15) is 5.10 Å². The van der Waals surface area contributed by atoms with Crippen molar-refractivity contribution in [2.45, 2.75) is 33.1 Å². The lowest BCUT2D eigenvalue weighted by molar-refractivity contribution is -0.121. The van der Waals surface area contributed by atoms with Crippen molar-refractivity contribution >= 4 is 12.1 Å². The minimum Gasteiger partial charge on any atom is -0.504 e. The van der Waals surface area contributed by atoms with Crippen LogP contribution in [-0.2, 0) is 4.79 Å². The van der Waals surface area contributed by atoms with Gasteiger partial charge in [0.15, 0.2) is 11.5 Å². The summed E-state index contributed by atoms with van der Waals surface area (Å²) >= 11 is 0. The molecule has 5 heteroatoms. The number of benzene rings is 1. The van der Waals surface area contributed by atoms with E-state index in [0.29, 0.717) is 24.3 Å². The number of hydrogen-bond acceptors (Lipinski definition) is 4. The molecule has 0 atom stereocenters. The zero-order chi connectivity index (χ0) is 14.1. The summed E-state index contributed by atoms with van der Waals surface area (Å²) in [5.74, 6) is 0.304. The number of phenolic OH excluding ortho intramolecular Hbond substituents is 1. The minimum atomic E-state index is -0.126. The fraction of sp³-hybridized carbons (Fsp3) is 0.429. The largest absolute Gasteiger partial charge is 0.504 e. The van der Waals surface area contributed by atoms with Gasteiger partial charge in [-0.3, -0.25) is 4.79 Å². The summed E-state index contributed by atoms with van der Waals surface area (Å²) in [4.78, 5) is 11.3. The van der Waals surface area contributed by atoms with Gasteiger partial charge in [-0.25, -0.2) is 5.43 Å². The maximum Gasteiger partial charge on any atom is 0.240 e. The van der Waals surface area contributed by atoms with Crippen LogP contribution in [0.3, 0.4) is 0 Å². The van der Waals surface area contributed by atoms with Crippen LogP contribution >= 0.6 is 0 Å². The van der Waals surface area contributed by atoms with Gasteiger partial charge in [0, 0.05) is 12.0 Å². The van der Waals surface area contributed by atoms with Crippen LogP contribution in [0.4, 0.5) is 0 Å². The Morgan fingerprint density at radius 3 is 2.95 bits per heavy atom. The van der Waals surface area contributed by atoms with Gasteiger partial charge < -0.3 is 9.84 Å². The second kappa shape index (κ2) is 8.13. The number of ether oxygens (including phenoxy) is 1. The predicted molar refractivity (Wildman–Crippen MR) is 74.5 cm³/mol. The molecule has 0 saturated carbocycles. The molecule has 1 aromatic rings. The molecule has 0 fully saturated rings. The number of nitrogens with one attached hydrogen (secondary N) is 1. The first-order valence-electron chi connectivity index (χ1n) is 6.45. The highest BCUT2D eigenvalue weighted by molar-refractivity contribution is 5.86. The molecule has 0 spiro atoms. The molecule has 104 valence electrons. The van der Waals surface area contributed by atoms with Crippen molar-refractivity contribution in [1.29, 1.82) is 0 Å². The zero-order valence-electron chi connectivity index (χ0n) is 11.3. The molecule has 0 aliphatic heterocycles. The van der Waals surface area contributed by atoms with E-state index in [-0.39, 0.29) is 11.7 Å². The smallest absolute Gasteiger partial charge is 0.240 e. The molecule has 0 bridgehead atoms. The summed E-state index contributed by atoms with van der Waals surface area (Å²) in [7, 11) is 0. The van der Waals surface area contributed by atoms with E-state index in [9.17, 15) is 9.90 Å². The van der Waals surface area contributed by atoms with Crippen LogP contribution in [0.15, 0.2) is 23.3 Å². The fourth-order valence-corrected chi connectivity index (χ4v) is 1.48. The first-order valence-corrected chi connectivity index (χ1v) is 6.45. The third kappa shape index (κ3) is 4.99. The topological polar surface area (TPSA) is 70.9 Å². The van der Waals surface area contributed by atoms with Gasteiger partial charge >= 0.3 is 0 Å². The van der Waals surface area contributed by atoms with Crippen molar-refractivity contribution in [3.63, 3.8) is 0 Å². The number of nitrogens with zero attached hydrogens (tertiary/aromatic N) is 1. The van der Waals surface area contributed by atoms with Crippen LogP contribution in [0.25, 0.3) is 0 Å². The van der Waals surface area contributed by atoms with E-state index in [1.54, 1.807) is 18.2 Å². The Hall–Kier alpha value is -2.04. The molecule has 1 amide bonds. The summed E-state index contributed by atoms with van der Waals surface area (Å²) in [5, 5.41) is 13.7. The Kier molecular flexibility index (Phi) is 6.43. The van der Waals surface area contributed by atoms with Gasteiger partial charge in [0.2, 0.25) is 5.91 Å². The van der Waals surface area contributed by atoms with Crippen LogP contribution in [0.2, 0.25) is 0 Å². The molecule has 0 radical (unpaired) electrons. The van der Waals surface area contributed by atoms with Crippen molar-refractivity contribution < 1.29 is 14.6 Å². The van der Waals surface area contributed by atoms with Crippen molar-refractivity contribution in [2.75, 3.05) is 6.61 Å². The lowest BCUT2D eigenvalue weighted by Gasteiger charge is -2.07. The second-order valence-electron chi connectivity index (χ2n) is 4.02. The van der Waals surface area contributed by atoms with E-state index in [1.807, 2.05) is 13.8 Å². The number of phenols is 1. The highest BCUT2D eigenvalue weighted by Crippen LogP contribution is 2.28. The number of carbonyl (C=O) groups is 1. The molecule has 1 aromatic carbocycles. The Balaban J connectivity index is 2.61. The van der Waals surface area contributed by atoms with Crippen LogP contribution in [-0.4, -0.2) is 23.8 Å². The summed E-state index contributed by atoms with van der Waals surface area (Å²) in [6, 6.07) is 5.13. The third-order valence-electron chi connectivity index (χ3n) is 2.48. The molecule has 0 aliphatic rings. The van der Waals surface area contributed by atoms with E-state index in [0.717, 1.165) is 12.8 Å². The lowest BCUT2D eigenvalue weighted by Crippen LogP contribution is -2.16. The van der Waals surface area contributed by atoms with E-state index in [4.69, 9.17) is 4.74 Å². The average Bonchev–Trinajstić information content (AvgIpc) is 2.41. The van der Waals surface area contributed by atoms with Gasteiger partial charge in [0.1, 0.15) is 0 Å². The van der Waals surface area contributed by atoms with Crippen LogP contribution in [0.1, 0.15) is 38.7 Å². The van der Waals surface area contributed by atoms with Crippen LogP contribution in [0.5, 0.6) is 11.5 Å². The Bertz CT molecular complexity index is 444. The highest BCUT2D eigenvalue weighted by Gasteiger charge is 2.05. The van der Waals surface area contributed by atoms with Crippen molar-refractivity contribution in [2.24, 2.45) is 5.10 Å². The molecule has 0 heterocycles. The quantitative estimate of drug-likeness (QED) is 0.587. The minimum absolute atomic E-state index is 0.0240. The average molecular weight is 264 g/mol. The normalized spacial score (nSPS) is 10.6. The van der Waals surface area contributed by atoms with Crippen molar-refractivity contribution in [3.8, 4) is 11.5 Å².